The third kappa shape index (κ3) is 4.36. The van der Waals surface area contributed by atoms with Crippen molar-refractivity contribution in [2.45, 2.75) is 19.9 Å². The minimum atomic E-state index is -0.995. The van der Waals surface area contributed by atoms with E-state index in [0.29, 0.717) is 44.1 Å². The Morgan fingerprint density at radius 3 is 2.67 bits per heavy atom. The monoisotopic (exact) mass is 373 g/mol. The quantitative estimate of drug-likeness (QED) is 0.840. The number of carboxylic acid groups (broad SMARTS) is 1. The maximum Gasteiger partial charge on any atom is 0.325 e. The van der Waals surface area contributed by atoms with E-state index in [2.05, 4.69) is 9.88 Å². The number of hydrogen-bond acceptors (Lipinski definition) is 5. The fraction of sp³-hybridized carbons (Fsp3) is 0.400. The number of rotatable bonds is 6. The van der Waals surface area contributed by atoms with Gasteiger partial charge in [0.25, 0.3) is 0 Å². The van der Waals surface area contributed by atoms with Gasteiger partial charge in [0.1, 0.15) is 23.4 Å². The lowest BCUT2D eigenvalue weighted by atomic mass is 10.0. The Balaban J connectivity index is 1.78. The molecule has 2 aromatic rings. The molecule has 1 atom stereocenters. The van der Waals surface area contributed by atoms with E-state index in [0.717, 1.165) is 11.4 Å². The molecule has 1 aliphatic rings. The van der Waals surface area contributed by atoms with Gasteiger partial charge in [-0.25, -0.2) is 9.37 Å². The van der Waals surface area contributed by atoms with Crippen molar-refractivity contribution in [3.8, 4) is 5.75 Å². The summed E-state index contributed by atoms with van der Waals surface area (Å²) >= 11 is 0. The molecule has 0 spiro atoms. The molecule has 0 saturated carbocycles. The fourth-order valence-corrected chi connectivity index (χ4v) is 3.50. The molecule has 1 aromatic carbocycles. The van der Waals surface area contributed by atoms with E-state index in [4.69, 9.17) is 4.74 Å². The Hall–Kier alpha value is -2.67. The third-order valence-electron chi connectivity index (χ3n) is 4.72. The molecule has 1 aliphatic heterocycles. The van der Waals surface area contributed by atoms with E-state index < -0.39 is 17.8 Å². The summed E-state index contributed by atoms with van der Waals surface area (Å²) in [6, 6.07) is 7.16. The number of nitrogens with zero attached hydrogens (tertiary/aromatic N) is 3. The molecule has 7 heteroatoms. The second kappa shape index (κ2) is 8.35. The van der Waals surface area contributed by atoms with Crippen molar-refractivity contribution >= 4 is 11.8 Å². The summed E-state index contributed by atoms with van der Waals surface area (Å²) in [5, 5.41) is 9.79. The molecular weight excluding hydrogens is 349 g/mol. The molecule has 3 rings (SSSR count). The van der Waals surface area contributed by atoms with Crippen LogP contribution in [0.25, 0.3) is 0 Å². The van der Waals surface area contributed by atoms with Crippen LogP contribution < -0.4 is 9.64 Å². The molecule has 0 aliphatic carbocycles. The third-order valence-corrected chi connectivity index (χ3v) is 4.72. The highest BCUT2D eigenvalue weighted by molar-refractivity contribution is 5.76. The predicted molar refractivity (Wildman–Crippen MR) is 101 cm³/mol. The van der Waals surface area contributed by atoms with Crippen molar-refractivity contribution in [3.63, 3.8) is 0 Å². The molecule has 1 aromatic heterocycles. The Labute approximate surface area is 158 Å². The first kappa shape index (κ1) is 19.1. The van der Waals surface area contributed by atoms with Crippen LogP contribution in [0.3, 0.4) is 0 Å². The first-order valence-electron chi connectivity index (χ1n) is 9.06. The van der Waals surface area contributed by atoms with Gasteiger partial charge in [0.05, 0.1) is 6.61 Å². The maximum absolute atomic E-state index is 14.0. The number of piperazine rings is 1. The Morgan fingerprint density at radius 1 is 1.30 bits per heavy atom. The van der Waals surface area contributed by atoms with E-state index in [-0.39, 0.29) is 0 Å². The molecule has 0 bridgehead atoms. The van der Waals surface area contributed by atoms with Crippen molar-refractivity contribution in [2.75, 3.05) is 37.7 Å². The predicted octanol–water partition coefficient (Wildman–Crippen LogP) is 2.88. The lowest BCUT2D eigenvalue weighted by Crippen LogP contribution is -2.49. The molecule has 1 saturated heterocycles. The largest absolute Gasteiger partial charge is 0.494 e. The summed E-state index contributed by atoms with van der Waals surface area (Å²) in [6.45, 7) is 6.63. The molecule has 0 amide bonds. The van der Waals surface area contributed by atoms with Gasteiger partial charge >= 0.3 is 5.97 Å². The number of aryl methyl sites for hydroxylation is 1. The number of carboxylic acids is 1. The first-order valence-corrected chi connectivity index (χ1v) is 9.06. The Kier molecular flexibility index (Phi) is 5.91. The molecule has 2 heterocycles. The van der Waals surface area contributed by atoms with Crippen molar-refractivity contribution in [2.24, 2.45) is 0 Å². The summed E-state index contributed by atoms with van der Waals surface area (Å²) in [6.07, 6.45) is 1.76. The fourth-order valence-electron chi connectivity index (χ4n) is 3.50. The SMILES string of the molecule is CCOc1cc(F)cc([C@@H](C(=O)O)N2CCN(c3ncccc3C)CC2)c1. The zero-order chi connectivity index (χ0) is 19.4. The van der Waals surface area contributed by atoms with Crippen LogP contribution in [-0.4, -0.2) is 53.7 Å². The number of halogens is 1. The number of aromatic nitrogens is 1. The molecule has 0 radical (unpaired) electrons. The molecule has 1 fully saturated rings. The van der Waals surface area contributed by atoms with E-state index >= 15 is 0 Å². The highest BCUT2D eigenvalue weighted by Gasteiger charge is 2.31. The van der Waals surface area contributed by atoms with Gasteiger partial charge in [-0.05, 0) is 43.2 Å². The second-order valence-corrected chi connectivity index (χ2v) is 6.56. The Bertz CT molecular complexity index is 807. The van der Waals surface area contributed by atoms with Gasteiger partial charge in [0.2, 0.25) is 0 Å². The van der Waals surface area contributed by atoms with Crippen LogP contribution in [0.1, 0.15) is 24.1 Å². The van der Waals surface area contributed by atoms with Crippen molar-refractivity contribution in [1.82, 2.24) is 9.88 Å². The molecule has 6 nitrogen and oxygen atoms in total. The van der Waals surface area contributed by atoms with Crippen LogP contribution in [-0.2, 0) is 4.79 Å². The smallest absolute Gasteiger partial charge is 0.325 e. The molecular formula is C20H24FN3O3. The van der Waals surface area contributed by atoms with Crippen LogP contribution in [0, 0.1) is 12.7 Å². The average molecular weight is 373 g/mol. The number of pyridine rings is 1. The highest BCUT2D eigenvalue weighted by atomic mass is 19.1. The summed E-state index contributed by atoms with van der Waals surface area (Å²) in [5.74, 6) is -0.217. The second-order valence-electron chi connectivity index (χ2n) is 6.56. The summed E-state index contributed by atoms with van der Waals surface area (Å²) in [4.78, 5) is 20.4. The van der Waals surface area contributed by atoms with Gasteiger partial charge in [-0.15, -0.1) is 0 Å². The first-order chi connectivity index (χ1) is 13.0. The number of aliphatic carboxylic acids is 1. The average Bonchev–Trinajstić information content (AvgIpc) is 2.63. The highest BCUT2D eigenvalue weighted by Crippen LogP contribution is 2.28. The van der Waals surface area contributed by atoms with Gasteiger partial charge in [-0.3, -0.25) is 9.69 Å². The van der Waals surface area contributed by atoms with Gasteiger partial charge < -0.3 is 14.7 Å². The standard InChI is InChI=1S/C20H24FN3O3/c1-3-27-17-12-15(11-16(21)13-17)18(20(25)26)23-7-9-24(10-8-23)19-14(2)5-4-6-22-19/h4-6,11-13,18H,3,7-10H2,1-2H3,(H,25,26)/t18-/m0/s1. The minimum Gasteiger partial charge on any atom is -0.494 e. The van der Waals surface area contributed by atoms with Gasteiger partial charge in [0, 0.05) is 38.4 Å². The normalized spacial score (nSPS) is 16.2. The minimum absolute atomic E-state index is 0.349. The number of ether oxygens (including phenoxy) is 1. The topological polar surface area (TPSA) is 65.9 Å². The number of hydrogen-bond donors (Lipinski definition) is 1. The van der Waals surface area contributed by atoms with Crippen LogP contribution in [0.4, 0.5) is 10.2 Å². The van der Waals surface area contributed by atoms with Crippen LogP contribution in [0.2, 0.25) is 0 Å². The number of carbonyl (C=O) groups is 1. The number of anilines is 1. The van der Waals surface area contributed by atoms with Crippen molar-refractivity contribution < 1.29 is 19.0 Å². The zero-order valence-corrected chi connectivity index (χ0v) is 15.6. The van der Waals surface area contributed by atoms with Gasteiger partial charge in [-0.1, -0.05) is 6.07 Å². The summed E-state index contributed by atoms with van der Waals surface area (Å²) in [5.41, 5.74) is 1.49. The van der Waals surface area contributed by atoms with E-state index in [9.17, 15) is 14.3 Å². The van der Waals surface area contributed by atoms with E-state index in [1.807, 2.05) is 24.0 Å². The van der Waals surface area contributed by atoms with Crippen LogP contribution in [0.5, 0.6) is 5.75 Å². The van der Waals surface area contributed by atoms with Crippen molar-refractivity contribution in [1.29, 1.82) is 0 Å². The zero-order valence-electron chi connectivity index (χ0n) is 15.6. The molecule has 0 unspecified atom stereocenters. The number of benzene rings is 1. The lowest BCUT2D eigenvalue weighted by molar-refractivity contribution is -0.143. The molecule has 144 valence electrons. The van der Waals surface area contributed by atoms with Crippen LogP contribution >= 0.6 is 0 Å². The summed E-state index contributed by atoms with van der Waals surface area (Å²) < 4.78 is 19.3. The van der Waals surface area contributed by atoms with Crippen molar-refractivity contribution in [3.05, 3.63) is 53.5 Å². The lowest BCUT2D eigenvalue weighted by Gasteiger charge is -2.38. The Morgan fingerprint density at radius 2 is 2.04 bits per heavy atom. The summed E-state index contributed by atoms with van der Waals surface area (Å²) in [7, 11) is 0. The maximum atomic E-state index is 14.0. The molecule has 1 N–H and O–H groups in total. The van der Waals surface area contributed by atoms with E-state index in [1.54, 1.807) is 19.2 Å². The van der Waals surface area contributed by atoms with Gasteiger partial charge in [0.15, 0.2) is 0 Å². The van der Waals surface area contributed by atoms with E-state index in [1.165, 1.54) is 12.1 Å². The van der Waals surface area contributed by atoms with Crippen LogP contribution in [0.15, 0.2) is 36.5 Å². The van der Waals surface area contributed by atoms with Gasteiger partial charge in [-0.2, -0.15) is 0 Å². The molecule has 27 heavy (non-hydrogen) atoms.